The molecule has 3 heterocycles. The van der Waals surface area contributed by atoms with Gasteiger partial charge in [0.2, 0.25) is 0 Å². The molecular weight excluding hydrogens is 214 g/mol. The maximum atomic E-state index is 4.44. The number of anilines is 1. The summed E-state index contributed by atoms with van der Waals surface area (Å²) >= 11 is 0. The van der Waals surface area contributed by atoms with Gasteiger partial charge < -0.3 is 5.32 Å². The molecule has 1 aromatic carbocycles. The molecule has 17 heavy (non-hydrogen) atoms. The van der Waals surface area contributed by atoms with Crippen LogP contribution in [0, 0.1) is 0 Å². The zero-order valence-corrected chi connectivity index (χ0v) is 9.22. The van der Waals surface area contributed by atoms with E-state index in [1.807, 2.05) is 12.3 Å². The van der Waals surface area contributed by atoms with Crippen molar-refractivity contribution in [2.24, 2.45) is 0 Å². The van der Waals surface area contributed by atoms with E-state index >= 15 is 0 Å². The highest BCUT2D eigenvalue weighted by molar-refractivity contribution is 6.09. The van der Waals surface area contributed by atoms with E-state index in [0.29, 0.717) is 0 Å². The summed E-state index contributed by atoms with van der Waals surface area (Å²) in [5, 5.41) is 10.1. The van der Waals surface area contributed by atoms with Crippen LogP contribution < -0.4 is 5.32 Å². The Morgan fingerprint density at radius 3 is 3.24 bits per heavy atom. The molecule has 0 atom stereocenters. The largest absolute Gasteiger partial charge is 0.369 e. The molecule has 1 aliphatic rings. The summed E-state index contributed by atoms with van der Waals surface area (Å²) < 4.78 is 2.06. The van der Waals surface area contributed by atoms with Crippen LogP contribution in [0.5, 0.6) is 0 Å². The molecule has 3 aromatic rings. The van der Waals surface area contributed by atoms with E-state index in [1.165, 1.54) is 0 Å². The molecule has 0 fully saturated rings. The van der Waals surface area contributed by atoms with Crippen LogP contribution in [-0.2, 0) is 6.54 Å². The third-order valence-corrected chi connectivity index (χ3v) is 3.24. The molecular formula is C12H11N5. The predicted octanol–water partition coefficient (Wildman–Crippen LogP) is 1.80. The lowest BCUT2D eigenvalue weighted by molar-refractivity contribution is 0.608. The fourth-order valence-corrected chi connectivity index (χ4v) is 2.46. The first-order valence-corrected chi connectivity index (χ1v) is 5.76. The minimum Gasteiger partial charge on any atom is -0.369 e. The first kappa shape index (κ1) is 8.92. The molecule has 84 valence electrons. The van der Waals surface area contributed by atoms with Gasteiger partial charge >= 0.3 is 0 Å². The number of aryl methyl sites for hydroxylation is 1. The number of hydrogen-bond acceptors (Lipinski definition) is 4. The topological polar surface area (TPSA) is 55.6 Å². The predicted molar refractivity (Wildman–Crippen MR) is 65.9 cm³/mol. The van der Waals surface area contributed by atoms with Crippen LogP contribution in [0.25, 0.3) is 21.8 Å². The van der Waals surface area contributed by atoms with Crippen LogP contribution in [0.15, 0.2) is 24.7 Å². The van der Waals surface area contributed by atoms with Gasteiger partial charge in [-0.05, 0) is 18.6 Å². The molecule has 0 unspecified atom stereocenters. The van der Waals surface area contributed by atoms with Gasteiger partial charge in [0.25, 0.3) is 0 Å². The third kappa shape index (κ3) is 1.16. The van der Waals surface area contributed by atoms with Crippen molar-refractivity contribution in [3.63, 3.8) is 0 Å². The van der Waals surface area contributed by atoms with Crippen molar-refractivity contribution >= 4 is 27.6 Å². The number of benzene rings is 1. The summed E-state index contributed by atoms with van der Waals surface area (Å²) in [6, 6.07) is 4.09. The zero-order chi connectivity index (χ0) is 11.2. The molecule has 0 saturated carbocycles. The smallest absolute Gasteiger partial charge is 0.139 e. The summed E-state index contributed by atoms with van der Waals surface area (Å²) in [5.74, 6) is 0.919. The first-order valence-electron chi connectivity index (χ1n) is 5.76. The fourth-order valence-electron chi connectivity index (χ4n) is 2.46. The van der Waals surface area contributed by atoms with Crippen molar-refractivity contribution in [1.82, 2.24) is 19.7 Å². The molecule has 1 aliphatic heterocycles. The van der Waals surface area contributed by atoms with E-state index in [-0.39, 0.29) is 0 Å². The van der Waals surface area contributed by atoms with Crippen LogP contribution in [-0.4, -0.2) is 26.3 Å². The fraction of sp³-hybridized carbons (Fsp3) is 0.250. The van der Waals surface area contributed by atoms with Gasteiger partial charge in [0.1, 0.15) is 12.1 Å². The van der Waals surface area contributed by atoms with E-state index in [0.717, 1.165) is 47.1 Å². The highest BCUT2D eigenvalue weighted by Crippen LogP contribution is 2.29. The highest BCUT2D eigenvalue weighted by Gasteiger charge is 2.14. The second-order valence-corrected chi connectivity index (χ2v) is 4.27. The molecule has 2 aromatic heterocycles. The lowest BCUT2D eigenvalue weighted by Crippen LogP contribution is -2.12. The second-order valence-electron chi connectivity index (χ2n) is 4.27. The Bertz CT molecular complexity index is 715. The van der Waals surface area contributed by atoms with Gasteiger partial charge in [-0.15, -0.1) is 0 Å². The Morgan fingerprint density at radius 1 is 1.24 bits per heavy atom. The summed E-state index contributed by atoms with van der Waals surface area (Å²) in [7, 11) is 0. The van der Waals surface area contributed by atoms with E-state index in [1.54, 1.807) is 6.33 Å². The van der Waals surface area contributed by atoms with Crippen LogP contribution in [0.4, 0.5) is 5.82 Å². The molecule has 0 bridgehead atoms. The number of nitrogens with one attached hydrogen (secondary N) is 1. The average Bonchev–Trinajstić information content (AvgIpc) is 2.74. The number of aromatic nitrogens is 4. The van der Waals surface area contributed by atoms with Crippen LogP contribution >= 0.6 is 0 Å². The Morgan fingerprint density at radius 2 is 2.24 bits per heavy atom. The molecule has 4 rings (SSSR count). The molecule has 5 heteroatoms. The third-order valence-electron chi connectivity index (χ3n) is 3.24. The Hall–Kier alpha value is -2.17. The number of hydrogen-bond donors (Lipinski definition) is 1. The SMILES string of the molecule is c1nc2c3c(ccc4cnn(c43)CCCN2)n1. The van der Waals surface area contributed by atoms with Crippen molar-refractivity contribution in [1.29, 1.82) is 0 Å². The maximum absolute atomic E-state index is 4.44. The van der Waals surface area contributed by atoms with Gasteiger partial charge in [-0.2, -0.15) is 5.10 Å². The van der Waals surface area contributed by atoms with E-state index in [9.17, 15) is 0 Å². The van der Waals surface area contributed by atoms with Crippen molar-refractivity contribution in [2.75, 3.05) is 11.9 Å². The molecule has 5 nitrogen and oxygen atoms in total. The number of nitrogens with zero attached hydrogens (tertiary/aromatic N) is 4. The summed E-state index contributed by atoms with van der Waals surface area (Å²) in [5.41, 5.74) is 2.11. The van der Waals surface area contributed by atoms with Crippen LogP contribution in [0.1, 0.15) is 6.42 Å². The first-order chi connectivity index (χ1) is 8.43. The summed E-state index contributed by atoms with van der Waals surface area (Å²) in [6.45, 7) is 1.85. The average molecular weight is 225 g/mol. The van der Waals surface area contributed by atoms with Crippen molar-refractivity contribution < 1.29 is 0 Å². The van der Waals surface area contributed by atoms with Gasteiger partial charge in [0.05, 0.1) is 22.6 Å². The van der Waals surface area contributed by atoms with Gasteiger partial charge in [0, 0.05) is 18.5 Å². The van der Waals surface area contributed by atoms with E-state index in [2.05, 4.69) is 31.1 Å². The highest BCUT2D eigenvalue weighted by atomic mass is 15.3. The summed E-state index contributed by atoms with van der Waals surface area (Å²) in [4.78, 5) is 8.66. The van der Waals surface area contributed by atoms with E-state index in [4.69, 9.17) is 0 Å². The minimum absolute atomic E-state index is 0.918. The lowest BCUT2D eigenvalue weighted by Gasteiger charge is -2.14. The van der Waals surface area contributed by atoms with Crippen molar-refractivity contribution in [3.05, 3.63) is 24.7 Å². The van der Waals surface area contributed by atoms with Gasteiger partial charge in [-0.25, -0.2) is 9.97 Å². The lowest BCUT2D eigenvalue weighted by atomic mass is 10.1. The van der Waals surface area contributed by atoms with Crippen molar-refractivity contribution in [2.45, 2.75) is 13.0 Å². The number of rotatable bonds is 0. The van der Waals surface area contributed by atoms with Gasteiger partial charge in [-0.3, -0.25) is 4.68 Å². The standard InChI is InChI=1S/C12H11N5/c1-4-13-12-10-9(14-7-15-12)3-2-8-6-16-17(5-1)11(8)10/h2-3,6-7H,1,4-5H2,(H,13,14,15). The second kappa shape index (κ2) is 3.16. The molecule has 0 aliphatic carbocycles. The van der Waals surface area contributed by atoms with Crippen LogP contribution in [0.2, 0.25) is 0 Å². The van der Waals surface area contributed by atoms with Crippen LogP contribution in [0.3, 0.4) is 0 Å². The normalized spacial score (nSPS) is 14.8. The maximum Gasteiger partial charge on any atom is 0.139 e. The molecule has 0 saturated heterocycles. The Kier molecular flexibility index (Phi) is 1.66. The quantitative estimate of drug-likeness (QED) is 0.633. The molecule has 0 spiro atoms. The summed E-state index contributed by atoms with van der Waals surface area (Å²) in [6.07, 6.45) is 4.58. The Balaban J connectivity index is 2.28. The monoisotopic (exact) mass is 225 g/mol. The van der Waals surface area contributed by atoms with E-state index < -0.39 is 0 Å². The minimum atomic E-state index is 0.918. The molecule has 0 amide bonds. The van der Waals surface area contributed by atoms with Gasteiger partial charge in [-0.1, -0.05) is 0 Å². The van der Waals surface area contributed by atoms with Gasteiger partial charge in [0.15, 0.2) is 0 Å². The molecule has 0 radical (unpaired) electrons. The Labute approximate surface area is 97.5 Å². The van der Waals surface area contributed by atoms with Crippen molar-refractivity contribution in [3.8, 4) is 0 Å². The zero-order valence-electron chi connectivity index (χ0n) is 9.22. The molecule has 1 N–H and O–H groups in total.